The van der Waals surface area contributed by atoms with Gasteiger partial charge in [0.15, 0.2) is 0 Å². The lowest BCUT2D eigenvalue weighted by Crippen LogP contribution is -2.08. The molecule has 2 aromatic carbocycles. The first kappa shape index (κ1) is 13.5. The normalized spacial score (nSPS) is 16.6. The minimum atomic E-state index is -0.603. The Bertz CT molecular complexity index is 715. The number of anilines is 1. The Labute approximate surface area is 121 Å². The number of aryl methyl sites for hydroxylation is 2. The molecule has 1 aliphatic carbocycles. The SMILES string of the molecule is Cc1ccc2c(c1)C(Nc1cc(F)cc([N+](=O)[O-])c1)CC2. The first-order valence-corrected chi connectivity index (χ1v) is 6.84. The molecular formula is C16H15FN2O2. The van der Waals surface area contributed by atoms with E-state index in [0.29, 0.717) is 5.69 Å². The average molecular weight is 286 g/mol. The fraction of sp³-hybridized carbons (Fsp3) is 0.250. The number of fused-ring (bicyclic) bond motifs is 1. The van der Waals surface area contributed by atoms with Crippen LogP contribution in [0.2, 0.25) is 0 Å². The van der Waals surface area contributed by atoms with Gasteiger partial charge in [-0.3, -0.25) is 10.1 Å². The highest BCUT2D eigenvalue weighted by Crippen LogP contribution is 2.35. The Morgan fingerprint density at radius 2 is 2.10 bits per heavy atom. The highest BCUT2D eigenvalue weighted by molar-refractivity contribution is 5.54. The van der Waals surface area contributed by atoms with Crippen molar-refractivity contribution in [3.63, 3.8) is 0 Å². The van der Waals surface area contributed by atoms with E-state index in [0.717, 1.165) is 18.9 Å². The molecule has 0 spiro atoms. The minimum Gasteiger partial charge on any atom is -0.378 e. The smallest absolute Gasteiger partial charge is 0.274 e. The molecule has 0 aromatic heterocycles. The van der Waals surface area contributed by atoms with Gasteiger partial charge >= 0.3 is 0 Å². The summed E-state index contributed by atoms with van der Waals surface area (Å²) in [7, 11) is 0. The molecule has 0 heterocycles. The van der Waals surface area contributed by atoms with E-state index in [-0.39, 0.29) is 11.7 Å². The number of benzene rings is 2. The molecule has 1 N–H and O–H groups in total. The second-order valence-electron chi connectivity index (χ2n) is 5.39. The molecule has 0 amide bonds. The maximum atomic E-state index is 13.5. The van der Waals surface area contributed by atoms with Crippen molar-refractivity contribution in [1.82, 2.24) is 0 Å². The largest absolute Gasteiger partial charge is 0.378 e. The number of rotatable bonds is 3. The van der Waals surface area contributed by atoms with Crippen LogP contribution in [0.5, 0.6) is 0 Å². The van der Waals surface area contributed by atoms with Crippen molar-refractivity contribution < 1.29 is 9.31 Å². The number of nitrogens with zero attached hydrogens (tertiary/aromatic N) is 1. The van der Waals surface area contributed by atoms with E-state index in [9.17, 15) is 14.5 Å². The molecule has 4 nitrogen and oxygen atoms in total. The molecule has 1 atom stereocenters. The van der Waals surface area contributed by atoms with Crippen LogP contribution in [-0.2, 0) is 6.42 Å². The fourth-order valence-corrected chi connectivity index (χ4v) is 2.84. The van der Waals surface area contributed by atoms with Crippen LogP contribution in [0.25, 0.3) is 0 Å². The van der Waals surface area contributed by atoms with E-state index < -0.39 is 10.7 Å². The maximum absolute atomic E-state index is 13.5. The van der Waals surface area contributed by atoms with Crippen molar-refractivity contribution in [2.45, 2.75) is 25.8 Å². The standard InChI is InChI=1S/C16H15FN2O2/c1-10-2-3-11-4-5-16(15(11)6-10)18-13-7-12(17)8-14(9-13)19(20)21/h2-3,6-9,16,18H,4-5H2,1H3. The fourth-order valence-electron chi connectivity index (χ4n) is 2.84. The van der Waals surface area contributed by atoms with Gasteiger partial charge < -0.3 is 5.32 Å². The van der Waals surface area contributed by atoms with E-state index >= 15 is 0 Å². The molecule has 21 heavy (non-hydrogen) atoms. The summed E-state index contributed by atoms with van der Waals surface area (Å²) in [6, 6.07) is 9.97. The van der Waals surface area contributed by atoms with Crippen LogP contribution in [0.3, 0.4) is 0 Å². The van der Waals surface area contributed by atoms with E-state index in [1.165, 1.54) is 28.8 Å². The van der Waals surface area contributed by atoms with E-state index in [2.05, 4.69) is 23.5 Å². The van der Waals surface area contributed by atoms with Crippen molar-refractivity contribution in [3.8, 4) is 0 Å². The molecule has 0 saturated carbocycles. The molecule has 108 valence electrons. The number of hydrogen-bond acceptors (Lipinski definition) is 3. The van der Waals surface area contributed by atoms with Crippen LogP contribution in [0.4, 0.5) is 15.8 Å². The quantitative estimate of drug-likeness (QED) is 0.681. The molecule has 3 rings (SSSR count). The third-order valence-electron chi connectivity index (χ3n) is 3.81. The summed E-state index contributed by atoms with van der Waals surface area (Å²) in [5.74, 6) is -0.603. The van der Waals surface area contributed by atoms with E-state index in [1.807, 2.05) is 6.92 Å². The molecule has 0 bridgehead atoms. The Kier molecular flexibility index (Phi) is 3.33. The van der Waals surface area contributed by atoms with Crippen molar-refractivity contribution in [2.75, 3.05) is 5.32 Å². The van der Waals surface area contributed by atoms with Gasteiger partial charge in [0.25, 0.3) is 5.69 Å². The first-order valence-electron chi connectivity index (χ1n) is 6.84. The summed E-state index contributed by atoms with van der Waals surface area (Å²) < 4.78 is 13.5. The van der Waals surface area contributed by atoms with Gasteiger partial charge in [0, 0.05) is 11.8 Å². The second-order valence-corrected chi connectivity index (χ2v) is 5.39. The Morgan fingerprint density at radius 1 is 1.29 bits per heavy atom. The molecule has 1 unspecified atom stereocenters. The molecule has 0 radical (unpaired) electrons. The molecule has 0 aliphatic heterocycles. The van der Waals surface area contributed by atoms with Crippen LogP contribution >= 0.6 is 0 Å². The van der Waals surface area contributed by atoms with E-state index in [1.54, 1.807) is 0 Å². The van der Waals surface area contributed by atoms with Crippen molar-refractivity contribution in [2.24, 2.45) is 0 Å². The number of non-ortho nitro benzene ring substituents is 1. The van der Waals surface area contributed by atoms with Crippen molar-refractivity contribution in [3.05, 3.63) is 69.0 Å². The van der Waals surface area contributed by atoms with Gasteiger partial charge in [0.05, 0.1) is 17.0 Å². The van der Waals surface area contributed by atoms with Gasteiger partial charge in [0.2, 0.25) is 0 Å². The zero-order valence-corrected chi connectivity index (χ0v) is 11.6. The van der Waals surface area contributed by atoms with Crippen LogP contribution < -0.4 is 5.32 Å². The first-order chi connectivity index (χ1) is 10.0. The highest BCUT2D eigenvalue weighted by atomic mass is 19.1. The number of halogens is 1. The molecule has 0 saturated heterocycles. The van der Waals surface area contributed by atoms with Crippen LogP contribution in [0.1, 0.15) is 29.2 Å². The number of nitrogens with one attached hydrogen (secondary N) is 1. The van der Waals surface area contributed by atoms with Crippen LogP contribution in [-0.4, -0.2) is 4.92 Å². The molecule has 5 heteroatoms. The summed E-state index contributed by atoms with van der Waals surface area (Å²) in [6.45, 7) is 2.03. The van der Waals surface area contributed by atoms with Gasteiger partial charge in [0.1, 0.15) is 5.82 Å². The topological polar surface area (TPSA) is 55.2 Å². The molecular weight excluding hydrogens is 271 g/mol. The number of nitro benzene ring substituents is 1. The summed E-state index contributed by atoms with van der Waals surface area (Å²) in [6.07, 6.45) is 1.87. The third-order valence-corrected chi connectivity index (χ3v) is 3.81. The summed E-state index contributed by atoms with van der Waals surface area (Å²) in [5, 5.41) is 14.0. The third kappa shape index (κ3) is 2.72. The van der Waals surface area contributed by atoms with Gasteiger partial charge in [-0.15, -0.1) is 0 Å². The Balaban J connectivity index is 1.89. The van der Waals surface area contributed by atoms with Gasteiger partial charge in [-0.05, 0) is 37.0 Å². The number of hydrogen-bond donors (Lipinski definition) is 1. The average Bonchev–Trinajstić information content (AvgIpc) is 2.80. The molecule has 0 fully saturated rings. The predicted molar refractivity (Wildman–Crippen MR) is 78.9 cm³/mol. The van der Waals surface area contributed by atoms with Gasteiger partial charge in [-0.2, -0.15) is 0 Å². The van der Waals surface area contributed by atoms with Gasteiger partial charge in [-0.1, -0.05) is 23.8 Å². The summed E-state index contributed by atoms with van der Waals surface area (Å²) in [4.78, 5) is 10.2. The molecule has 1 aliphatic rings. The van der Waals surface area contributed by atoms with Crippen LogP contribution in [0.15, 0.2) is 36.4 Å². The Morgan fingerprint density at radius 3 is 2.86 bits per heavy atom. The minimum absolute atomic E-state index is 0.0707. The lowest BCUT2D eigenvalue weighted by atomic mass is 10.0. The number of nitro groups is 1. The zero-order chi connectivity index (χ0) is 15.0. The van der Waals surface area contributed by atoms with Crippen molar-refractivity contribution >= 4 is 11.4 Å². The van der Waals surface area contributed by atoms with Gasteiger partial charge in [-0.25, -0.2) is 4.39 Å². The lowest BCUT2D eigenvalue weighted by Gasteiger charge is -2.16. The highest BCUT2D eigenvalue weighted by Gasteiger charge is 2.23. The monoisotopic (exact) mass is 286 g/mol. The maximum Gasteiger partial charge on any atom is 0.274 e. The van der Waals surface area contributed by atoms with E-state index in [4.69, 9.17) is 0 Å². The summed E-state index contributed by atoms with van der Waals surface area (Å²) >= 11 is 0. The van der Waals surface area contributed by atoms with Crippen molar-refractivity contribution in [1.29, 1.82) is 0 Å². The lowest BCUT2D eigenvalue weighted by molar-refractivity contribution is -0.385. The predicted octanol–water partition coefficient (Wildman–Crippen LogP) is 4.14. The van der Waals surface area contributed by atoms with Crippen LogP contribution in [0, 0.1) is 22.9 Å². The Hall–Kier alpha value is -2.43. The second kappa shape index (κ2) is 5.16. The summed E-state index contributed by atoms with van der Waals surface area (Å²) in [5.41, 5.74) is 3.86. The zero-order valence-electron chi connectivity index (χ0n) is 11.6. The molecule has 2 aromatic rings.